The van der Waals surface area contributed by atoms with Crippen molar-refractivity contribution in [3.05, 3.63) is 29.8 Å². The molecular weight excluding hydrogens is 437 g/mol. The van der Waals surface area contributed by atoms with Crippen molar-refractivity contribution < 1.29 is 37.0 Å². The molecule has 0 bridgehead atoms. The van der Waals surface area contributed by atoms with E-state index in [1.54, 1.807) is 29.0 Å². The molecule has 2 heterocycles. The zero-order valence-electron chi connectivity index (χ0n) is 17.2. The van der Waals surface area contributed by atoms with Gasteiger partial charge in [0.2, 0.25) is 5.91 Å². The number of piperidine rings is 1. The van der Waals surface area contributed by atoms with Crippen molar-refractivity contribution in [3.63, 3.8) is 0 Å². The van der Waals surface area contributed by atoms with Crippen molar-refractivity contribution in [2.24, 2.45) is 0 Å². The number of alkyl halides is 3. The van der Waals surface area contributed by atoms with Crippen LogP contribution in [-0.2, 0) is 25.5 Å². The lowest BCUT2D eigenvalue weighted by molar-refractivity contribution is -0.139. The summed E-state index contributed by atoms with van der Waals surface area (Å²) in [4.78, 5) is 27.9. The molecule has 0 atom stereocenters. The fraction of sp³-hybridized carbons (Fsp3) is 0.600. The van der Waals surface area contributed by atoms with E-state index < -0.39 is 17.2 Å². The average Bonchev–Trinajstić information content (AvgIpc) is 3.00. The van der Waals surface area contributed by atoms with Gasteiger partial charge in [-0.15, -0.1) is 0 Å². The summed E-state index contributed by atoms with van der Waals surface area (Å²) >= 11 is -0.173. The second-order valence-electron chi connectivity index (χ2n) is 7.52. The van der Waals surface area contributed by atoms with Crippen LogP contribution in [0.2, 0.25) is 0 Å². The molecule has 2 fully saturated rings. The molecule has 31 heavy (non-hydrogen) atoms. The molecule has 0 radical (unpaired) electrons. The summed E-state index contributed by atoms with van der Waals surface area (Å²) in [6.07, 6.45) is 0.608. The van der Waals surface area contributed by atoms with E-state index in [1.165, 1.54) is 12.1 Å². The van der Waals surface area contributed by atoms with Gasteiger partial charge >= 0.3 is 11.6 Å². The molecule has 0 aliphatic carbocycles. The van der Waals surface area contributed by atoms with Crippen LogP contribution in [-0.4, -0.2) is 79.5 Å². The van der Waals surface area contributed by atoms with Crippen LogP contribution < -0.4 is 0 Å². The van der Waals surface area contributed by atoms with Gasteiger partial charge in [0.05, 0.1) is 19.8 Å². The van der Waals surface area contributed by atoms with E-state index in [4.69, 9.17) is 14.2 Å². The van der Waals surface area contributed by atoms with Crippen LogP contribution in [0.4, 0.5) is 18.0 Å². The highest BCUT2D eigenvalue weighted by Crippen LogP contribution is 2.37. The van der Waals surface area contributed by atoms with Crippen molar-refractivity contribution in [3.8, 4) is 0 Å². The van der Waals surface area contributed by atoms with E-state index in [-0.39, 0.29) is 35.7 Å². The Balaban J connectivity index is 1.48. The average molecular weight is 462 g/mol. The SMILES string of the molecule is COCCOCC(=O)N1CCC2(CC1)CN(Cc1ccc(SC(F)(F)F)cc1)C(=O)O2. The molecule has 2 aliphatic rings. The smallest absolute Gasteiger partial charge is 0.441 e. The first-order valence-corrected chi connectivity index (χ1v) is 10.7. The lowest BCUT2D eigenvalue weighted by atomic mass is 9.91. The number of hydrogen-bond acceptors (Lipinski definition) is 6. The number of methoxy groups -OCH3 is 1. The second kappa shape index (κ2) is 10.1. The topological polar surface area (TPSA) is 68.3 Å². The Morgan fingerprint density at radius 2 is 1.87 bits per heavy atom. The molecule has 1 aromatic rings. The van der Waals surface area contributed by atoms with Gasteiger partial charge < -0.3 is 19.1 Å². The first-order chi connectivity index (χ1) is 14.7. The molecule has 2 aliphatic heterocycles. The molecule has 7 nitrogen and oxygen atoms in total. The van der Waals surface area contributed by atoms with E-state index in [2.05, 4.69) is 0 Å². The van der Waals surface area contributed by atoms with Crippen molar-refractivity contribution in [1.82, 2.24) is 9.80 Å². The van der Waals surface area contributed by atoms with E-state index >= 15 is 0 Å². The molecule has 0 unspecified atom stereocenters. The third kappa shape index (κ3) is 6.75. The molecule has 0 aromatic heterocycles. The highest BCUT2D eigenvalue weighted by Gasteiger charge is 2.47. The Labute approximate surface area is 182 Å². The summed E-state index contributed by atoms with van der Waals surface area (Å²) in [6.45, 7) is 2.35. The number of likely N-dealkylation sites (tertiary alicyclic amines) is 1. The minimum Gasteiger partial charge on any atom is -0.441 e. The maximum Gasteiger partial charge on any atom is 0.446 e. The van der Waals surface area contributed by atoms with E-state index in [9.17, 15) is 22.8 Å². The number of benzene rings is 1. The Hall–Kier alpha value is -1.98. The number of rotatable bonds is 8. The zero-order valence-corrected chi connectivity index (χ0v) is 18.0. The van der Waals surface area contributed by atoms with Crippen molar-refractivity contribution in [2.45, 2.75) is 35.4 Å². The van der Waals surface area contributed by atoms with Gasteiger partial charge in [0.1, 0.15) is 12.2 Å². The number of carbonyl (C=O) groups excluding carboxylic acids is 2. The largest absolute Gasteiger partial charge is 0.446 e. The molecule has 172 valence electrons. The summed E-state index contributed by atoms with van der Waals surface area (Å²) in [5.41, 5.74) is -4.25. The van der Waals surface area contributed by atoms with Gasteiger partial charge in [-0.25, -0.2) is 4.79 Å². The van der Waals surface area contributed by atoms with E-state index in [0.29, 0.717) is 45.7 Å². The Kier molecular flexibility index (Phi) is 7.71. The number of thioether (sulfide) groups is 1. The Bertz CT molecular complexity index is 767. The normalized spacial score (nSPS) is 18.5. The first kappa shape index (κ1) is 23.7. The number of carbonyl (C=O) groups is 2. The third-order valence-electron chi connectivity index (χ3n) is 5.26. The number of amides is 2. The molecule has 11 heteroatoms. The summed E-state index contributed by atoms with van der Waals surface area (Å²) < 4.78 is 53.1. The van der Waals surface area contributed by atoms with Gasteiger partial charge in [-0.2, -0.15) is 13.2 Å². The molecule has 0 N–H and O–H groups in total. The number of nitrogens with zero attached hydrogens (tertiary/aromatic N) is 2. The monoisotopic (exact) mass is 462 g/mol. The molecule has 2 saturated heterocycles. The second-order valence-corrected chi connectivity index (χ2v) is 8.66. The van der Waals surface area contributed by atoms with Crippen LogP contribution in [0.3, 0.4) is 0 Å². The third-order valence-corrected chi connectivity index (χ3v) is 6.00. The lowest BCUT2D eigenvalue weighted by Crippen LogP contribution is -2.49. The minimum absolute atomic E-state index is 0.00904. The summed E-state index contributed by atoms with van der Waals surface area (Å²) in [5.74, 6) is -0.107. The van der Waals surface area contributed by atoms with Crippen LogP contribution in [0.5, 0.6) is 0 Å². The van der Waals surface area contributed by atoms with Crippen molar-refractivity contribution in [2.75, 3.05) is 46.6 Å². The van der Waals surface area contributed by atoms with E-state index in [1.807, 2.05) is 0 Å². The van der Waals surface area contributed by atoms with Crippen LogP contribution in [0.15, 0.2) is 29.2 Å². The quantitative estimate of drug-likeness (QED) is 0.436. The van der Waals surface area contributed by atoms with Crippen LogP contribution in [0.25, 0.3) is 0 Å². The van der Waals surface area contributed by atoms with Crippen molar-refractivity contribution >= 4 is 23.8 Å². The number of ether oxygens (including phenoxy) is 3. The molecule has 1 aromatic carbocycles. The van der Waals surface area contributed by atoms with Gasteiger partial charge in [-0.1, -0.05) is 12.1 Å². The summed E-state index contributed by atoms with van der Waals surface area (Å²) in [6, 6.07) is 5.95. The fourth-order valence-electron chi connectivity index (χ4n) is 3.65. The van der Waals surface area contributed by atoms with Crippen LogP contribution >= 0.6 is 11.8 Å². The van der Waals surface area contributed by atoms with E-state index in [0.717, 1.165) is 5.56 Å². The minimum atomic E-state index is -4.33. The predicted octanol–water partition coefficient (Wildman–Crippen LogP) is 3.27. The summed E-state index contributed by atoms with van der Waals surface area (Å²) in [5, 5.41) is 0. The van der Waals surface area contributed by atoms with Gasteiger partial charge in [0, 0.05) is 44.5 Å². The predicted molar refractivity (Wildman–Crippen MR) is 106 cm³/mol. The van der Waals surface area contributed by atoms with Crippen molar-refractivity contribution in [1.29, 1.82) is 0 Å². The highest BCUT2D eigenvalue weighted by molar-refractivity contribution is 8.00. The van der Waals surface area contributed by atoms with Gasteiger partial charge in [0.15, 0.2) is 0 Å². The summed E-state index contributed by atoms with van der Waals surface area (Å²) in [7, 11) is 1.56. The maximum atomic E-state index is 12.5. The molecule has 2 amide bonds. The Morgan fingerprint density at radius 3 is 2.48 bits per heavy atom. The maximum absolute atomic E-state index is 12.5. The number of hydrogen-bond donors (Lipinski definition) is 0. The van der Waals surface area contributed by atoms with Gasteiger partial charge in [0.25, 0.3) is 0 Å². The lowest BCUT2D eigenvalue weighted by Gasteiger charge is -2.37. The standard InChI is InChI=1S/C20H25F3N2O5S/c1-28-10-11-29-13-17(26)24-8-6-19(7-9-24)14-25(18(27)30-19)12-15-2-4-16(5-3-15)31-20(21,22)23/h2-5H,6-14H2,1H3. The Morgan fingerprint density at radius 1 is 1.19 bits per heavy atom. The van der Waals surface area contributed by atoms with Gasteiger partial charge in [-0.05, 0) is 29.5 Å². The fourth-order valence-corrected chi connectivity index (χ4v) is 4.19. The molecule has 3 rings (SSSR count). The van der Waals surface area contributed by atoms with Crippen LogP contribution in [0, 0.1) is 0 Å². The van der Waals surface area contributed by atoms with Gasteiger partial charge in [-0.3, -0.25) is 9.69 Å². The molecular formula is C20H25F3N2O5S. The van der Waals surface area contributed by atoms with Crippen LogP contribution in [0.1, 0.15) is 18.4 Å². The highest BCUT2D eigenvalue weighted by atomic mass is 32.2. The molecule has 1 spiro atoms. The first-order valence-electron chi connectivity index (χ1n) is 9.87. The number of halogens is 3. The molecule has 0 saturated carbocycles. The zero-order chi connectivity index (χ0) is 22.5.